The van der Waals surface area contributed by atoms with Gasteiger partial charge in [-0.3, -0.25) is 4.79 Å². The maximum Gasteiger partial charge on any atom is 0.310 e. The van der Waals surface area contributed by atoms with E-state index in [9.17, 15) is 4.79 Å². The van der Waals surface area contributed by atoms with Gasteiger partial charge in [0.2, 0.25) is 0 Å². The lowest BCUT2D eigenvalue weighted by Gasteiger charge is -2.35. The number of piperidine rings is 1. The Kier molecular flexibility index (Phi) is 6.89. The zero-order valence-electron chi connectivity index (χ0n) is 20.5. The van der Waals surface area contributed by atoms with Crippen molar-refractivity contribution < 1.29 is 19.0 Å². The molecule has 0 amide bonds. The molecule has 5 rings (SSSR count). The highest BCUT2D eigenvalue weighted by Crippen LogP contribution is 2.53. The first-order valence-corrected chi connectivity index (χ1v) is 12.5. The van der Waals surface area contributed by atoms with Gasteiger partial charge in [-0.1, -0.05) is 60.7 Å². The summed E-state index contributed by atoms with van der Waals surface area (Å²) in [6.45, 7) is 5.30. The van der Waals surface area contributed by atoms with Gasteiger partial charge in [0.05, 0.1) is 26.2 Å². The number of methoxy groups -OCH3 is 1. The number of benzene rings is 3. The number of nitrogens with zero attached hydrogens (tertiary/aromatic N) is 1. The molecule has 3 aromatic rings. The van der Waals surface area contributed by atoms with E-state index < -0.39 is 5.60 Å². The van der Waals surface area contributed by atoms with Gasteiger partial charge in [0.15, 0.2) is 0 Å². The van der Waals surface area contributed by atoms with E-state index in [1.165, 1.54) is 11.1 Å². The molecule has 35 heavy (non-hydrogen) atoms. The van der Waals surface area contributed by atoms with Crippen LogP contribution in [0.1, 0.15) is 36.5 Å². The normalized spacial score (nSPS) is 18.5. The Labute approximate surface area is 207 Å². The van der Waals surface area contributed by atoms with Crippen molar-refractivity contribution in [2.24, 2.45) is 5.92 Å². The Hall–Kier alpha value is -3.15. The number of fused-ring (bicyclic) bond motifs is 3. The number of esters is 1. The summed E-state index contributed by atoms with van der Waals surface area (Å²) in [4.78, 5) is 14.6. The van der Waals surface area contributed by atoms with Crippen molar-refractivity contribution >= 4 is 5.97 Å². The number of likely N-dealkylation sites (tertiary alicyclic amines) is 1. The molecule has 3 aromatic carbocycles. The second kappa shape index (κ2) is 10.2. The van der Waals surface area contributed by atoms with Gasteiger partial charge in [0.25, 0.3) is 0 Å². The minimum atomic E-state index is -0.699. The summed E-state index contributed by atoms with van der Waals surface area (Å²) >= 11 is 0. The first-order valence-electron chi connectivity index (χ1n) is 12.5. The first-order chi connectivity index (χ1) is 17.2. The molecule has 0 radical (unpaired) electrons. The summed E-state index contributed by atoms with van der Waals surface area (Å²) in [7, 11) is 1.68. The van der Waals surface area contributed by atoms with Crippen LogP contribution in [0, 0.1) is 5.92 Å². The van der Waals surface area contributed by atoms with Gasteiger partial charge < -0.3 is 19.1 Å². The van der Waals surface area contributed by atoms with Crippen molar-refractivity contribution in [3.05, 3.63) is 89.5 Å². The van der Waals surface area contributed by atoms with Gasteiger partial charge >= 0.3 is 5.97 Å². The third kappa shape index (κ3) is 4.35. The SMILES string of the molecule is CCOC(=O)C1CCCN(CCOC2(c3ccc(OC)cc3)c3ccccc3-c3ccccc32)C1. The van der Waals surface area contributed by atoms with Gasteiger partial charge in [-0.05, 0) is 55.1 Å². The second-order valence-electron chi connectivity index (χ2n) is 9.24. The molecule has 0 saturated carbocycles. The molecule has 1 aliphatic carbocycles. The highest BCUT2D eigenvalue weighted by molar-refractivity contribution is 5.82. The van der Waals surface area contributed by atoms with Crippen molar-refractivity contribution in [2.75, 3.05) is 40.0 Å². The molecule has 1 atom stereocenters. The average molecular weight is 472 g/mol. The predicted octanol–water partition coefficient (Wildman–Crippen LogP) is 5.26. The fraction of sp³-hybridized carbons (Fsp3) is 0.367. The maximum absolute atomic E-state index is 12.3. The molecule has 1 unspecified atom stereocenters. The molecular formula is C30H33NO4. The topological polar surface area (TPSA) is 48.0 Å². The summed E-state index contributed by atoms with van der Waals surface area (Å²) in [5.41, 5.74) is 5.12. The zero-order chi connectivity index (χ0) is 24.3. The van der Waals surface area contributed by atoms with E-state index in [1.54, 1.807) is 7.11 Å². The Morgan fingerprint density at radius 3 is 2.26 bits per heavy atom. The van der Waals surface area contributed by atoms with Crippen molar-refractivity contribution in [3.63, 3.8) is 0 Å². The van der Waals surface area contributed by atoms with Crippen LogP contribution in [0.3, 0.4) is 0 Å². The van der Waals surface area contributed by atoms with Crippen molar-refractivity contribution in [1.29, 1.82) is 0 Å². The molecule has 0 bridgehead atoms. The van der Waals surface area contributed by atoms with E-state index >= 15 is 0 Å². The average Bonchev–Trinajstić information content (AvgIpc) is 3.20. The fourth-order valence-electron chi connectivity index (χ4n) is 5.61. The van der Waals surface area contributed by atoms with Gasteiger partial charge in [-0.25, -0.2) is 0 Å². The number of carbonyl (C=O) groups is 1. The molecule has 182 valence electrons. The molecule has 5 heteroatoms. The summed E-state index contributed by atoms with van der Waals surface area (Å²) in [6, 6.07) is 25.3. The standard InChI is InChI=1S/C30H33NO4/c1-3-34-29(32)22-9-8-18-31(21-22)19-20-35-30(23-14-16-24(33-2)17-15-23)27-12-6-4-10-25(27)26-11-5-7-13-28(26)30/h4-7,10-17,22H,3,8-9,18-21H2,1-2H3. The monoisotopic (exact) mass is 471 g/mol. The number of hydrogen-bond acceptors (Lipinski definition) is 5. The van der Waals surface area contributed by atoms with Crippen LogP contribution in [-0.2, 0) is 19.9 Å². The largest absolute Gasteiger partial charge is 0.497 e. The molecule has 0 N–H and O–H groups in total. The minimum absolute atomic E-state index is 0.0489. The van der Waals surface area contributed by atoms with Crippen LogP contribution in [0.4, 0.5) is 0 Å². The Morgan fingerprint density at radius 1 is 0.971 bits per heavy atom. The Balaban J connectivity index is 1.45. The second-order valence-corrected chi connectivity index (χ2v) is 9.24. The molecule has 1 heterocycles. The third-order valence-electron chi connectivity index (χ3n) is 7.25. The molecule has 0 spiro atoms. The minimum Gasteiger partial charge on any atom is -0.497 e. The first kappa shape index (κ1) is 23.6. The molecule has 1 fully saturated rings. The van der Waals surface area contributed by atoms with Gasteiger partial charge in [0.1, 0.15) is 11.4 Å². The lowest BCUT2D eigenvalue weighted by molar-refractivity contribution is -0.150. The van der Waals surface area contributed by atoms with Crippen molar-refractivity contribution in [3.8, 4) is 16.9 Å². The number of ether oxygens (including phenoxy) is 3. The van der Waals surface area contributed by atoms with E-state index in [0.717, 1.165) is 54.9 Å². The highest BCUT2D eigenvalue weighted by Gasteiger charge is 2.45. The molecule has 5 nitrogen and oxygen atoms in total. The predicted molar refractivity (Wildman–Crippen MR) is 137 cm³/mol. The van der Waals surface area contributed by atoms with Crippen LogP contribution >= 0.6 is 0 Å². The Morgan fingerprint density at radius 2 is 1.63 bits per heavy atom. The smallest absolute Gasteiger partial charge is 0.310 e. The van der Waals surface area contributed by atoms with Gasteiger partial charge in [-0.15, -0.1) is 0 Å². The van der Waals surface area contributed by atoms with Crippen LogP contribution in [0.2, 0.25) is 0 Å². The quantitative estimate of drug-likeness (QED) is 0.420. The number of carbonyl (C=O) groups excluding carboxylic acids is 1. The van der Waals surface area contributed by atoms with E-state index in [1.807, 2.05) is 19.1 Å². The summed E-state index contributed by atoms with van der Waals surface area (Å²) in [5, 5.41) is 0. The van der Waals surface area contributed by atoms with E-state index in [-0.39, 0.29) is 11.9 Å². The fourth-order valence-corrected chi connectivity index (χ4v) is 5.61. The molecule has 1 saturated heterocycles. The molecule has 1 aliphatic heterocycles. The van der Waals surface area contributed by atoms with Crippen molar-refractivity contribution in [1.82, 2.24) is 4.90 Å². The molecule has 0 aromatic heterocycles. The lowest BCUT2D eigenvalue weighted by atomic mass is 9.84. The zero-order valence-corrected chi connectivity index (χ0v) is 20.5. The summed E-state index contributed by atoms with van der Waals surface area (Å²) < 4.78 is 17.7. The summed E-state index contributed by atoms with van der Waals surface area (Å²) in [5.74, 6) is 0.695. The van der Waals surface area contributed by atoms with Crippen molar-refractivity contribution in [2.45, 2.75) is 25.4 Å². The Bertz CT molecular complexity index is 1130. The number of rotatable bonds is 8. The molecular weight excluding hydrogens is 438 g/mol. The highest BCUT2D eigenvalue weighted by atomic mass is 16.5. The van der Waals surface area contributed by atoms with Gasteiger partial charge in [-0.2, -0.15) is 0 Å². The summed E-state index contributed by atoms with van der Waals surface area (Å²) in [6.07, 6.45) is 1.89. The van der Waals surface area contributed by atoms with Crippen LogP contribution in [-0.4, -0.2) is 50.8 Å². The lowest BCUT2D eigenvalue weighted by Crippen LogP contribution is -2.42. The van der Waals surface area contributed by atoms with Crippen LogP contribution in [0.5, 0.6) is 5.75 Å². The maximum atomic E-state index is 12.3. The van der Waals surface area contributed by atoms with Crippen LogP contribution in [0.15, 0.2) is 72.8 Å². The van der Waals surface area contributed by atoms with Crippen LogP contribution in [0.25, 0.3) is 11.1 Å². The third-order valence-corrected chi connectivity index (χ3v) is 7.25. The number of hydrogen-bond donors (Lipinski definition) is 0. The van der Waals surface area contributed by atoms with Crippen LogP contribution < -0.4 is 4.74 Å². The van der Waals surface area contributed by atoms with E-state index in [2.05, 4.69) is 65.6 Å². The van der Waals surface area contributed by atoms with Gasteiger partial charge in [0, 0.05) is 24.2 Å². The van der Waals surface area contributed by atoms with E-state index in [0.29, 0.717) is 13.2 Å². The van der Waals surface area contributed by atoms with E-state index in [4.69, 9.17) is 14.2 Å². The molecule has 2 aliphatic rings.